The van der Waals surface area contributed by atoms with Crippen molar-refractivity contribution in [3.8, 4) is 11.5 Å². The summed E-state index contributed by atoms with van der Waals surface area (Å²) in [6.07, 6.45) is 0.807. The lowest BCUT2D eigenvalue weighted by molar-refractivity contribution is -0.0514. The molecule has 0 aliphatic rings. The third-order valence-electron chi connectivity index (χ3n) is 2.83. The molecule has 0 saturated heterocycles. The molecule has 0 heterocycles. The molecule has 20 heavy (non-hydrogen) atoms. The van der Waals surface area contributed by atoms with Crippen molar-refractivity contribution < 1.29 is 23.4 Å². The predicted octanol–water partition coefficient (Wildman–Crippen LogP) is 2.55. The molecule has 1 rings (SSSR count). The molecule has 0 radical (unpaired) electrons. The molecule has 0 aliphatic carbocycles. The lowest BCUT2D eigenvalue weighted by atomic mass is 10.1. The lowest BCUT2D eigenvalue weighted by Crippen LogP contribution is -2.31. The topological polar surface area (TPSA) is 50.7 Å². The fraction of sp³-hybridized carbons (Fsp3) is 0.571. The third kappa shape index (κ3) is 5.30. The Morgan fingerprint density at radius 1 is 1.25 bits per heavy atom. The second-order valence-electron chi connectivity index (χ2n) is 4.26. The maximum atomic E-state index is 12.3. The van der Waals surface area contributed by atoms with Crippen LogP contribution in [0.25, 0.3) is 0 Å². The quantitative estimate of drug-likeness (QED) is 0.733. The van der Waals surface area contributed by atoms with E-state index in [4.69, 9.17) is 9.84 Å². The first kappa shape index (κ1) is 16.7. The zero-order valence-corrected chi connectivity index (χ0v) is 11.7. The summed E-state index contributed by atoms with van der Waals surface area (Å²) in [5.41, 5.74) is 0.877. The monoisotopic (exact) mass is 289 g/mol. The number of benzene rings is 1. The molecule has 6 heteroatoms. The molecule has 114 valence electrons. The number of halogens is 2. The van der Waals surface area contributed by atoms with Crippen LogP contribution in [0.4, 0.5) is 8.78 Å². The van der Waals surface area contributed by atoms with E-state index in [1.807, 2.05) is 6.92 Å². The minimum atomic E-state index is -2.88. The number of aliphatic hydroxyl groups excluding tert-OH is 1. The minimum absolute atomic E-state index is 0.0162. The maximum Gasteiger partial charge on any atom is 0.387 e. The van der Waals surface area contributed by atoms with Crippen LogP contribution in [-0.2, 0) is 6.54 Å². The standard InChI is InChI=1S/C14H21F2NO3/c1-3-11(9-18)17-8-10-5-6-12(20-14(15)16)13(7-10)19-4-2/h5-7,11,14,17-18H,3-4,8-9H2,1-2H3/t11-/m1/s1. The fourth-order valence-electron chi connectivity index (χ4n) is 1.72. The molecular formula is C14H21F2NO3. The van der Waals surface area contributed by atoms with Crippen LogP contribution in [-0.4, -0.2) is 31.0 Å². The highest BCUT2D eigenvalue weighted by Gasteiger charge is 2.12. The van der Waals surface area contributed by atoms with E-state index >= 15 is 0 Å². The summed E-state index contributed by atoms with van der Waals surface area (Å²) >= 11 is 0. The van der Waals surface area contributed by atoms with Gasteiger partial charge < -0.3 is 19.9 Å². The molecule has 1 aromatic carbocycles. The Balaban J connectivity index is 2.75. The Kier molecular flexibility index (Phi) is 7.25. The maximum absolute atomic E-state index is 12.3. The van der Waals surface area contributed by atoms with E-state index in [0.717, 1.165) is 12.0 Å². The summed E-state index contributed by atoms with van der Waals surface area (Å²) in [5.74, 6) is 0.323. The molecule has 0 fully saturated rings. The average molecular weight is 289 g/mol. The van der Waals surface area contributed by atoms with E-state index in [1.54, 1.807) is 19.1 Å². The van der Waals surface area contributed by atoms with Gasteiger partial charge in [-0.2, -0.15) is 8.78 Å². The van der Waals surface area contributed by atoms with Gasteiger partial charge in [0.15, 0.2) is 11.5 Å². The van der Waals surface area contributed by atoms with Gasteiger partial charge in [-0.05, 0) is 31.0 Å². The number of nitrogens with one attached hydrogen (secondary N) is 1. The summed E-state index contributed by atoms with van der Waals surface area (Å²) in [5, 5.41) is 12.3. The van der Waals surface area contributed by atoms with Crippen LogP contribution in [0, 0.1) is 0 Å². The molecule has 0 bridgehead atoms. The van der Waals surface area contributed by atoms with Gasteiger partial charge in [-0.15, -0.1) is 0 Å². The summed E-state index contributed by atoms with van der Waals surface area (Å²) in [4.78, 5) is 0. The molecule has 0 aliphatic heterocycles. The Morgan fingerprint density at radius 2 is 2.00 bits per heavy atom. The first-order valence-electron chi connectivity index (χ1n) is 6.65. The van der Waals surface area contributed by atoms with Crippen LogP contribution in [0.15, 0.2) is 18.2 Å². The number of rotatable bonds is 9. The van der Waals surface area contributed by atoms with Gasteiger partial charge in [0.2, 0.25) is 0 Å². The van der Waals surface area contributed by atoms with Crippen molar-refractivity contribution in [1.82, 2.24) is 5.32 Å². The van der Waals surface area contributed by atoms with Crippen LogP contribution >= 0.6 is 0 Å². The highest BCUT2D eigenvalue weighted by Crippen LogP contribution is 2.29. The van der Waals surface area contributed by atoms with Crippen molar-refractivity contribution in [3.05, 3.63) is 23.8 Å². The van der Waals surface area contributed by atoms with Crippen molar-refractivity contribution in [3.63, 3.8) is 0 Å². The Bertz CT molecular complexity index is 398. The number of aliphatic hydroxyl groups is 1. The summed E-state index contributed by atoms with van der Waals surface area (Å²) in [6, 6.07) is 4.84. The Morgan fingerprint density at radius 3 is 2.55 bits per heavy atom. The minimum Gasteiger partial charge on any atom is -0.490 e. The zero-order chi connectivity index (χ0) is 15.0. The number of hydrogen-bond donors (Lipinski definition) is 2. The molecule has 0 saturated carbocycles. The van der Waals surface area contributed by atoms with Gasteiger partial charge in [0.25, 0.3) is 0 Å². The Labute approximate surface area is 117 Å². The molecule has 1 aromatic rings. The van der Waals surface area contributed by atoms with Gasteiger partial charge in [0.05, 0.1) is 13.2 Å². The normalized spacial score (nSPS) is 12.5. The van der Waals surface area contributed by atoms with E-state index in [-0.39, 0.29) is 18.4 Å². The molecule has 0 amide bonds. The van der Waals surface area contributed by atoms with Crippen LogP contribution in [0.5, 0.6) is 11.5 Å². The Hall–Kier alpha value is -1.40. The summed E-state index contributed by atoms with van der Waals surface area (Å²) in [7, 11) is 0. The molecule has 1 atom stereocenters. The lowest BCUT2D eigenvalue weighted by Gasteiger charge is -2.16. The average Bonchev–Trinajstić information content (AvgIpc) is 2.42. The largest absolute Gasteiger partial charge is 0.490 e. The van der Waals surface area contributed by atoms with Crippen molar-refractivity contribution in [2.75, 3.05) is 13.2 Å². The zero-order valence-electron chi connectivity index (χ0n) is 11.7. The van der Waals surface area contributed by atoms with E-state index < -0.39 is 6.61 Å². The molecule has 0 spiro atoms. The second kappa shape index (κ2) is 8.71. The van der Waals surface area contributed by atoms with E-state index in [1.165, 1.54) is 6.07 Å². The van der Waals surface area contributed by atoms with Crippen molar-refractivity contribution in [1.29, 1.82) is 0 Å². The van der Waals surface area contributed by atoms with E-state index in [2.05, 4.69) is 10.1 Å². The second-order valence-corrected chi connectivity index (χ2v) is 4.26. The number of hydrogen-bond acceptors (Lipinski definition) is 4. The summed E-state index contributed by atoms with van der Waals surface area (Å²) in [6.45, 7) is 1.81. The van der Waals surface area contributed by atoms with Gasteiger partial charge in [-0.3, -0.25) is 0 Å². The molecule has 0 aromatic heterocycles. The third-order valence-corrected chi connectivity index (χ3v) is 2.83. The first-order valence-corrected chi connectivity index (χ1v) is 6.65. The number of alkyl halides is 2. The molecule has 2 N–H and O–H groups in total. The van der Waals surface area contributed by atoms with Gasteiger partial charge in [0.1, 0.15) is 0 Å². The van der Waals surface area contributed by atoms with Gasteiger partial charge in [-0.25, -0.2) is 0 Å². The van der Waals surface area contributed by atoms with Crippen molar-refractivity contribution in [2.24, 2.45) is 0 Å². The molecular weight excluding hydrogens is 268 g/mol. The molecule has 0 unspecified atom stereocenters. The van der Waals surface area contributed by atoms with Gasteiger partial charge in [0, 0.05) is 12.6 Å². The van der Waals surface area contributed by atoms with Crippen LogP contribution in [0.3, 0.4) is 0 Å². The molecule has 4 nitrogen and oxygen atoms in total. The highest BCUT2D eigenvalue weighted by atomic mass is 19.3. The van der Waals surface area contributed by atoms with Crippen molar-refractivity contribution >= 4 is 0 Å². The van der Waals surface area contributed by atoms with Gasteiger partial charge in [-0.1, -0.05) is 13.0 Å². The highest BCUT2D eigenvalue weighted by molar-refractivity contribution is 5.43. The van der Waals surface area contributed by atoms with E-state index in [0.29, 0.717) is 18.9 Å². The number of ether oxygens (including phenoxy) is 2. The smallest absolute Gasteiger partial charge is 0.387 e. The SMILES string of the molecule is CCOc1cc(CN[C@H](CC)CO)ccc1OC(F)F. The van der Waals surface area contributed by atoms with Crippen molar-refractivity contribution in [2.45, 2.75) is 39.5 Å². The van der Waals surface area contributed by atoms with Crippen LogP contribution < -0.4 is 14.8 Å². The predicted molar refractivity (Wildman–Crippen MR) is 72.2 cm³/mol. The van der Waals surface area contributed by atoms with Gasteiger partial charge >= 0.3 is 6.61 Å². The summed E-state index contributed by atoms with van der Waals surface area (Å²) < 4.78 is 34.2. The van der Waals surface area contributed by atoms with E-state index in [9.17, 15) is 8.78 Å². The van der Waals surface area contributed by atoms with Crippen LogP contribution in [0.1, 0.15) is 25.8 Å². The first-order chi connectivity index (χ1) is 9.60. The fourth-order valence-corrected chi connectivity index (χ4v) is 1.72. The van der Waals surface area contributed by atoms with Crippen LogP contribution in [0.2, 0.25) is 0 Å².